The van der Waals surface area contributed by atoms with E-state index < -0.39 is 0 Å². The Morgan fingerprint density at radius 1 is 0.900 bits per heavy atom. The summed E-state index contributed by atoms with van der Waals surface area (Å²) in [6.45, 7) is 4.48. The zero-order valence-electron chi connectivity index (χ0n) is 12.7. The highest BCUT2D eigenvalue weighted by Crippen LogP contribution is 2.31. The van der Waals surface area contributed by atoms with Gasteiger partial charge in [0.05, 0.1) is 15.7 Å². The lowest BCUT2D eigenvalue weighted by Gasteiger charge is -2.21. The summed E-state index contributed by atoms with van der Waals surface area (Å²) in [5, 5.41) is 5.00. The lowest BCUT2D eigenvalue weighted by atomic mass is 10.0. The number of anilines is 1. The highest BCUT2D eigenvalue weighted by molar-refractivity contribution is 6.39. The zero-order valence-corrected chi connectivity index (χ0v) is 14.2. The first-order valence-electron chi connectivity index (χ1n) is 7.89. The molecule has 0 bridgehead atoms. The molecule has 114 valence electrons. The molecular formula is C17H27Cl2N. The first-order valence-corrected chi connectivity index (χ1v) is 8.65. The standard InChI is InChI=1S/C17H27Cl2N/c1-3-5-7-10-14(11-8-6-4-2)20-17-15(18)12-9-13-16(17)19/h9,12-14,20H,3-8,10-11H2,1-2H3. The number of rotatable bonds is 10. The van der Waals surface area contributed by atoms with E-state index in [0.29, 0.717) is 16.1 Å². The van der Waals surface area contributed by atoms with E-state index in [0.717, 1.165) is 5.69 Å². The first-order chi connectivity index (χ1) is 9.69. The monoisotopic (exact) mass is 315 g/mol. The van der Waals surface area contributed by atoms with Gasteiger partial charge in [-0.2, -0.15) is 0 Å². The Bertz CT molecular complexity index is 349. The van der Waals surface area contributed by atoms with Crippen LogP contribution in [0.1, 0.15) is 65.2 Å². The Hall–Kier alpha value is -0.400. The molecule has 0 heterocycles. The largest absolute Gasteiger partial charge is 0.380 e. The third-order valence-electron chi connectivity index (χ3n) is 3.62. The molecule has 1 nitrogen and oxygen atoms in total. The van der Waals surface area contributed by atoms with E-state index in [9.17, 15) is 0 Å². The minimum absolute atomic E-state index is 0.477. The van der Waals surface area contributed by atoms with Gasteiger partial charge in [-0.15, -0.1) is 0 Å². The third kappa shape index (κ3) is 6.37. The van der Waals surface area contributed by atoms with Crippen LogP contribution in [-0.2, 0) is 0 Å². The predicted molar refractivity (Wildman–Crippen MR) is 92.2 cm³/mol. The van der Waals surface area contributed by atoms with Crippen molar-refractivity contribution in [2.24, 2.45) is 0 Å². The van der Waals surface area contributed by atoms with E-state index in [-0.39, 0.29) is 0 Å². The average molecular weight is 316 g/mol. The molecule has 0 amide bonds. The Kier molecular flexibility index (Phi) is 9.13. The van der Waals surface area contributed by atoms with Crippen molar-refractivity contribution in [2.45, 2.75) is 71.3 Å². The second-order valence-corrected chi connectivity index (χ2v) is 6.24. The van der Waals surface area contributed by atoms with Gasteiger partial charge in [-0.05, 0) is 25.0 Å². The molecule has 0 spiro atoms. The third-order valence-corrected chi connectivity index (χ3v) is 4.25. The molecule has 1 N–H and O–H groups in total. The normalized spacial score (nSPS) is 11.1. The molecule has 0 aliphatic carbocycles. The minimum atomic E-state index is 0.477. The number of benzene rings is 1. The quantitative estimate of drug-likeness (QED) is 0.461. The number of para-hydroxylation sites is 1. The number of unbranched alkanes of at least 4 members (excludes halogenated alkanes) is 4. The van der Waals surface area contributed by atoms with Crippen molar-refractivity contribution in [3.8, 4) is 0 Å². The van der Waals surface area contributed by atoms with Crippen LogP contribution in [-0.4, -0.2) is 6.04 Å². The predicted octanol–water partition coefficient (Wildman–Crippen LogP) is 6.93. The maximum Gasteiger partial charge on any atom is 0.0721 e. The second-order valence-electron chi connectivity index (χ2n) is 5.43. The van der Waals surface area contributed by atoms with E-state index in [1.807, 2.05) is 18.2 Å². The van der Waals surface area contributed by atoms with Crippen LogP contribution in [0, 0.1) is 0 Å². The van der Waals surface area contributed by atoms with Crippen molar-refractivity contribution in [1.29, 1.82) is 0 Å². The van der Waals surface area contributed by atoms with Crippen LogP contribution >= 0.6 is 23.2 Å². The molecule has 0 saturated heterocycles. The Morgan fingerprint density at radius 3 is 1.85 bits per heavy atom. The van der Waals surface area contributed by atoms with Crippen LogP contribution in [0.25, 0.3) is 0 Å². The molecule has 0 unspecified atom stereocenters. The summed E-state index contributed by atoms with van der Waals surface area (Å²) in [7, 11) is 0. The molecular weight excluding hydrogens is 289 g/mol. The molecule has 0 atom stereocenters. The van der Waals surface area contributed by atoms with E-state index in [2.05, 4.69) is 19.2 Å². The maximum atomic E-state index is 6.25. The van der Waals surface area contributed by atoms with Crippen LogP contribution < -0.4 is 5.32 Å². The van der Waals surface area contributed by atoms with Crippen LogP contribution in [0.5, 0.6) is 0 Å². The summed E-state index contributed by atoms with van der Waals surface area (Å²) in [6, 6.07) is 6.15. The van der Waals surface area contributed by atoms with Gasteiger partial charge in [-0.1, -0.05) is 81.6 Å². The van der Waals surface area contributed by atoms with Gasteiger partial charge in [-0.3, -0.25) is 0 Å². The Morgan fingerprint density at radius 2 is 1.40 bits per heavy atom. The van der Waals surface area contributed by atoms with Gasteiger partial charge in [0.25, 0.3) is 0 Å². The van der Waals surface area contributed by atoms with Crippen molar-refractivity contribution in [2.75, 3.05) is 5.32 Å². The fraction of sp³-hybridized carbons (Fsp3) is 0.647. The van der Waals surface area contributed by atoms with Gasteiger partial charge in [-0.25, -0.2) is 0 Å². The molecule has 0 aliphatic rings. The maximum absolute atomic E-state index is 6.25. The second kappa shape index (κ2) is 10.3. The number of hydrogen-bond acceptors (Lipinski definition) is 1. The first kappa shape index (κ1) is 17.7. The topological polar surface area (TPSA) is 12.0 Å². The molecule has 1 rings (SSSR count). The SMILES string of the molecule is CCCCCC(CCCCC)Nc1c(Cl)cccc1Cl. The lowest BCUT2D eigenvalue weighted by Crippen LogP contribution is -2.20. The Balaban J connectivity index is 2.61. The molecule has 20 heavy (non-hydrogen) atoms. The van der Waals surface area contributed by atoms with Gasteiger partial charge in [0.15, 0.2) is 0 Å². The highest BCUT2D eigenvalue weighted by atomic mass is 35.5. The molecule has 1 aromatic carbocycles. The smallest absolute Gasteiger partial charge is 0.0721 e. The van der Waals surface area contributed by atoms with Gasteiger partial charge < -0.3 is 5.32 Å². The summed E-state index contributed by atoms with van der Waals surface area (Å²) in [6.07, 6.45) is 10.0. The van der Waals surface area contributed by atoms with Crippen LogP contribution in [0.4, 0.5) is 5.69 Å². The summed E-state index contributed by atoms with van der Waals surface area (Å²) in [5.41, 5.74) is 0.897. The van der Waals surface area contributed by atoms with Crippen LogP contribution in [0.15, 0.2) is 18.2 Å². The van der Waals surface area contributed by atoms with E-state index >= 15 is 0 Å². The van der Waals surface area contributed by atoms with Crippen molar-refractivity contribution in [3.05, 3.63) is 28.2 Å². The van der Waals surface area contributed by atoms with Crippen LogP contribution in [0.3, 0.4) is 0 Å². The summed E-state index contributed by atoms with van der Waals surface area (Å²) < 4.78 is 0. The minimum Gasteiger partial charge on any atom is -0.380 e. The summed E-state index contributed by atoms with van der Waals surface area (Å²) >= 11 is 12.5. The molecule has 0 aromatic heterocycles. The number of hydrogen-bond donors (Lipinski definition) is 1. The van der Waals surface area contributed by atoms with Crippen molar-refractivity contribution >= 4 is 28.9 Å². The molecule has 1 aromatic rings. The molecule has 0 radical (unpaired) electrons. The molecule has 0 aliphatic heterocycles. The van der Waals surface area contributed by atoms with Crippen molar-refractivity contribution in [1.82, 2.24) is 0 Å². The van der Waals surface area contributed by atoms with Crippen LogP contribution in [0.2, 0.25) is 10.0 Å². The lowest BCUT2D eigenvalue weighted by molar-refractivity contribution is 0.526. The molecule has 3 heteroatoms. The van der Waals surface area contributed by atoms with E-state index in [1.54, 1.807) is 0 Å². The fourth-order valence-electron chi connectivity index (χ4n) is 2.41. The summed E-state index contributed by atoms with van der Waals surface area (Å²) in [5.74, 6) is 0. The zero-order chi connectivity index (χ0) is 14.8. The average Bonchev–Trinajstić information content (AvgIpc) is 2.43. The van der Waals surface area contributed by atoms with Crippen molar-refractivity contribution in [3.63, 3.8) is 0 Å². The van der Waals surface area contributed by atoms with E-state index in [1.165, 1.54) is 51.4 Å². The number of nitrogens with one attached hydrogen (secondary N) is 1. The highest BCUT2D eigenvalue weighted by Gasteiger charge is 2.12. The molecule has 0 saturated carbocycles. The van der Waals surface area contributed by atoms with Crippen molar-refractivity contribution < 1.29 is 0 Å². The number of halogens is 2. The summed E-state index contributed by atoms with van der Waals surface area (Å²) in [4.78, 5) is 0. The van der Waals surface area contributed by atoms with E-state index in [4.69, 9.17) is 23.2 Å². The van der Waals surface area contributed by atoms with Gasteiger partial charge >= 0.3 is 0 Å². The molecule has 0 fully saturated rings. The van der Waals surface area contributed by atoms with Gasteiger partial charge in [0.1, 0.15) is 0 Å². The van der Waals surface area contributed by atoms with Gasteiger partial charge in [0, 0.05) is 6.04 Å². The van der Waals surface area contributed by atoms with Gasteiger partial charge in [0.2, 0.25) is 0 Å². The Labute approximate surface area is 134 Å². The fourth-order valence-corrected chi connectivity index (χ4v) is 2.92.